The fourth-order valence-electron chi connectivity index (χ4n) is 4.64. The Hall–Kier alpha value is -3.53. The lowest BCUT2D eigenvalue weighted by Crippen LogP contribution is -2.44. The summed E-state index contributed by atoms with van der Waals surface area (Å²) in [5, 5.41) is 5.36. The number of urea groups is 1. The van der Waals surface area contributed by atoms with Gasteiger partial charge < -0.3 is 14.8 Å². The monoisotopic (exact) mass is 423 g/mol. The maximum atomic E-state index is 13.6. The van der Waals surface area contributed by atoms with E-state index in [1.54, 1.807) is 0 Å². The summed E-state index contributed by atoms with van der Waals surface area (Å²) in [7, 11) is 0. The number of nitrogens with one attached hydrogen (secondary N) is 1. The normalized spacial score (nSPS) is 16.1. The van der Waals surface area contributed by atoms with Crippen molar-refractivity contribution < 1.29 is 4.79 Å². The minimum Gasteiger partial charge on any atom is -0.348 e. The molecule has 2 amide bonds. The first-order valence-corrected chi connectivity index (χ1v) is 11.2. The van der Waals surface area contributed by atoms with Crippen molar-refractivity contribution in [2.45, 2.75) is 38.8 Å². The van der Waals surface area contributed by atoms with E-state index >= 15 is 0 Å². The number of benzene rings is 3. The van der Waals surface area contributed by atoms with E-state index < -0.39 is 0 Å². The Morgan fingerprint density at radius 3 is 2.41 bits per heavy atom. The van der Waals surface area contributed by atoms with Gasteiger partial charge in [-0.3, -0.25) is 0 Å². The summed E-state index contributed by atoms with van der Waals surface area (Å²) in [6, 6.07) is 26.9. The summed E-state index contributed by atoms with van der Waals surface area (Å²) in [6.45, 7) is 8.11. The molecule has 4 aromatic rings. The van der Waals surface area contributed by atoms with Gasteiger partial charge in [0.05, 0.1) is 11.7 Å². The van der Waals surface area contributed by atoms with Crippen LogP contribution >= 0.6 is 0 Å². The Kier molecular flexibility index (Phi) is 5.01. The number of hydrogen-bond acceptors (Lipinski definition) is 1. The molecular formula is C28H29N3O. The summed E-state index contributed by atoms with van der Waals surface area (Å²) in [4.78, 5) is 15.5. The van der Waals surface area contributed by atoms with Gasteiger partial charge in [0.15, 0.2) is 0 Å². The number of nitrogens with zero attached hydrogens (tertiary/aromatic N) is 2. The molecule has 162 valence electrons. The van der Waals surface area contributed by atoms with E-state index in [-0.39, 0.29) is 17.5 Å². The molecule has 4 nitrogen and oxygen atoms in total. The molecule has 4 heteroatoms. The van der Waals surface area contributed by atoms with Crippen LogP contribution in [0.1, 0.15) is 43.6 Å². The average Bonchev–Trinajstić information content (AvgIpc) is 3.27. The second kappa shape index (κ2) is 7.86. The van der Waals surface area contributed by atoms with Crippen LogP contribution in [-0.2, 0) is 12.0 Å². The van der Waals surface area contributed by atoms with Crippen LogP contribution in [0.4, 0.5) is 10.5 Å². The molecule has 1 aliphatic heterocycles. The van der Waals surface area contributed by atoms with E-state index in [4.69, 9.17) is 0 Å². The summed E-state index contributed by atoms with van der Waals surface area (Å²) in [5.41, 5.74) is 4.50. The first-order valence-electron chi connectivity index (χ1n) is 11.2. The lowest BCUT2D eigenvalue weighted by Gasteiger charge is -2.37. The Morgan fingerprint density at radius 1 is 0.875 bits per heavy atom. The molecule has 0 fully saturated rings. The van der Waals surface area contributed by atoms with Gasteiger partial charge >= 0.3 is 6.03 Å². The van der Waals surface area contributed by atoms with E-state index in [1.807, 2.05) is 29.2 Å². The van der Waals surface area contributed by atoms with Gasteiger partial charge in [0.25, 0.3) is 0 Å². The lowest BCUT2D eigenvalue weighted by molar-refractivity contribution is 0.182. The van der Waals surface area contributed by atoms with Crippen LogP contribution in [0.25, 0.3) is 10.8 Å². The summed E-state index contributed by atoms with van der Waals surface area (Å²) in [6.07, 6.45) is 2.10. The molecule has 32 heavy (non-hydrogen) atoms. The highest BCUT2D eigenvalue weighted by molar-refractivity contribution is 6.01. The number of fused-ring (bicyclic) bond motifs is 2. The van der Waals surface area contributed by atoms with Crippen molar-refractivity contribution in [2.24, 2.45) is 0 Å². The van der Waals surface area contributed by atoms with E-state index in [1.165, 1.54) is 5.56 Å². The van der Waals surface area contributed by atoms with Crippen LogP contribution in [-0.4, -0.2) is 22.0 Å². The Bertz CT molecular complexity index is 1260. The van der Waals surface area contributed by atoms with E-state index in [2.05, 4.69) is 91.4 Å². The first kappa shape index (κ1) is 20.4. The van der Waals surface area contributed by atoms with Gasteiger partial charge in [-0.05, 0) is 40.1 Å². The summed E-state index contributed by atoms with van der Waals surface area (Å²) < 4.78 is 2.25. The van der Waals surface area contributed by atoms with Crippen LogP contribution in [0.5, 0.6) is 0 Å². The molecule has 0 bridgehead atoms. The largest absolute Gasteiger partial charge is 0.348 e. The zero-order chi connectivity index (χ0) is 22.3. The number of aromatic nitrogens is 1. The van der Waals surface area contributed by atoms with Crippen LogP contribution < -0.4 is 5.32 Å². The molecule has 0 saturated heterocycles. The predicted octanol–water partition coefficient (Wildman–Crippen LogP) is 6.58. The van der Waals surface area contributed by atoms with Crippen LogP contribution in [0.2, 0.25) is 0 Å². The van der Waals surface area contributed by atoms with Crippen LogP contribution in [0, 0.1) is 0 Å². The molecule has 1 atom stereocenters. The van der Waals surface area contributed by atoms with Crippen LogP contribution in [0.3, 0.4) is 0 Å². The van der Waals surface area contributed by atoms with Gasteiger partial charge in [-0.1, -0.05) is 81.4 Å². The van der Waals surface area contributed by atoms with Gasteiger partial charge in [-0.25, -0.2) is 4.79 Å². The molecule has 1 N–H and O–H groups in total. The number of hydrogen-bond donors (Lipinski definition) is 1. The second-order valence-corrected chi connectivity index (χ2v) is 9.55. The minimum atomic E-state index is -0.122. The molecule has 5 rings (SSSR count). The summed E-state index contributed by atoms with van der Waals surface area (Å²) >= 11 is 0. The Labute approximate surface area is 189 Å². The standard InChI is InChI=1S/C28H29N3O/c1-28(2,3)22-15-13-21(14-16-22)26-25-12-7-17-30(25)18-19-31(26)27(32)29-24-11-6-9-20-8-4-5-10-23(20)24/h4-17,26H,18-19H2,1-3H3,(H,29,32). The van der Waals surface area contributed by atoms with Crippen molar-refractivity contribution in [3.8, 4) is 0 Å². The van der Waals surface area contributed by atoms with E-state index in [0.29, 0.717) is 6.54 Å². The molecule has 1 aliphatic rings. The highest BCUT2D eigenvalue weighted by atomic mass is 16.2. The quantitative estimate of drug-likeness (QED) is 0.389. The highest BCUT2D eigenvalue weighted by Crippen LogP contribution is 2.34. The number of anilines is 1. The third-order valence-electron chi connectivity index (χ3n) is 6.42. The van der Waals surface area contributed by atoms with Gasteiger partial charge in [-0.2, -0.15) is 0 Å². The van der Waals surface area contributed by atoms with Crippen molar-refractivity contribution in [1.29, 1.82) is 0 Å². The zero-order valence-electron chi connectivity index (χ0n) is 18.9. The van der Waals surface area contributed by atoms with Crippen molar-refractivity contribution >= 4 is 22.5 Å². The molecule has 2 heterocycles. The second-order valence-electron chi connectivity index (χ2n) is 9.55. The van der Waals surface area contributed by atoms with E-state index in [9.17, 15) is 4.79 Å². The SMILES string of the molecule is CC(C)(C)c1ccc(C2c3cccn3CCN2C(=O)Nc2cccc3ccccc23)cc1. The van der Waals surface area contributed by atoms with E-state index in [0.717, 1.165) is 34.3 Å². The van der Waals surface area contributed by atoms with Crippen molar-refractivity contribution in [2.75, 3.05) is 11.9 Å². The smallest absolute Gasteiger partial charge is 0.322 e. The highest BCUT2D eigenvalue weighted by Gasteiger charge is 2.32. The fraction of sp³-hybridized carbons (Fsp3) is 0.250. The van der Waals surface area contributed by atoms with Gasteiger partial charge in [-0.15, -0.1) is 0 Å². The molecular weight excluding hydrogens is 394 g/mol. The Morgan fingerprint density at radius 2 is 1.62 bits per heavy atom. The van der Waals surface area contributed by atoms with Crippen LogP contribution in [0.15, 0.2) is 85.1 Å². The fourth-order valence-corrected chi connectivity index (χ4v) is 4.64. The van der Waals surface area contributed by atoms with Crippen molar-refractivity contribution in [1.82, 2.24) is 9.47 Å². The number of amides is 2. The molecule has 3 aromatic carbocycles. The molecule has 0 aliphatic carbocycles. The average molecular weight is 424 g/mol. The lowest BCUT2D eigenvalue weighted by atomic mass is 9.86. The topological polar surface area (TPSA) is 37.3 Å². The summed E-state index contributed by atoms with van der Waals surface area (Å²) in [5.74, 6) is 0. The first-order chi connectivity index (χ1) is 15.4. The van der Waals surface area contributed by atoms with Crippen molar-refractivity contribution in [3.05, 3.63) is 102 Å². The molecule has 0 saturated carbocycles. The number of rotatable bonds is 2. The van der Waals surface area contributed by atoms with Gasteiger partial charge in [0.1, 0.15) is 0 Å². The van der Waals surface area contributed by atoms with Crippen molar-refractivity contribution in [3.63, 3.8) is 0 Å². The predicted molar refractivity (Wildman–Crippen MR) is 131 cm³/mol. The molecule has 0 radical (unpaired) electrons. The zero-order valence-corrected chi connectivity index (χ0v) is 18.9. The molecule has 1 unspecified atom stereocenters. The molecule has 0 spiro atoms. The minimum absolute atomic E-state index is 0.0706. The molecule has 1 aromatic heterocycles. The van der Waals surface area contributed by atoms with Gasteiger partial charge in [0, 0.05) is 30.4 Å². The maximum absolute atomic E-state index is 13.6. The third-order valence-corrected chi connectivity index (χ3v) is 6.42. The number of carbonyl (C=O) groups is 1. The van der Waals surface area contributed by atoms with Gasteiger partial charge in [0.2, 0.25) is 0 Å². The number of carbonyl (C=O) groups excluding carboxylic acids is 1. The Balaban J connectivity index is 1.50. The third kappa shape index (κ3) is 3.66. The maximum Gasteiger partial charge on any atom is 0.322 e.